The molecule has 0 fully saturated rings. The van der Waals surface area contributed by atoms with Crippen LogP contribution in [0.5, 0.6) is 0 Å². The summed E-state index contributed by atoms with van der Waals surface area (Å²) in [6.45, 7) is 12.8. The van der Waals surface area contributed by atoms with Crippen molar-refractivity contribution in [3.63, 3.8) is 0 Å². The number of fused-ring (bicyclic) bond motifs is 3. The minimum Gasteiger partial charge on any atom is -0.309 e. The van der Waals surface area contributed by atoms with Crippen LogP contribution < -0.4 is 0 Å². The second kappa shape index (κ2) is 16.2. The van der Waals surface area contributed by atoms with Gasteiger partial charge in [-0.25, -0.2) is 15.0 Å². The molecule has 0 spiro atoms. The van der Waals surface area contributed by atoms with Crippen molar-refractivity contribution in [1.82, 2.24) is 19.5 Å². The second-order valence-corrected chi connectivity index (χ2v) is 17.2. The standard InChI is InChI=1S/C58H45F3N4/c1-34-27-36(3)53(37(4)28-34)42-21-24-47-48-25-22-43(54-38(5)29-35(2)30-39(54)6)32-52(48)65(51(47)31-42)44-23-26-45(46-19-13-14-20-50(46)58(59,60)61)49(33-44)57-63-55(40-15-9-7-10-16-40)62-56(64-57)41-17-11-8-12-18-41/h7-33H,1-6H3. The van der Waals surface area contributed by atoms with E-state index in [-0.39, 0.29) is 11.4 Å². The highest BCUT2D eigenvalue weighted by Crippen LogP contribution is 2.44. The largest absolute Gasteiger partial charge is 0.417 e. The van der Waals surface area contributed by atoms with E-state index in [0.29, 0.717) is 22.8 Å². The number of hydrogen-bond donors (Lipinski definition) is 0. The van der Waals surface area contributed by atoms with E-state index in [9.17, 15) is 13.2 Å². The minimum absolute atomic E-state index is 0.0342. The fourth-order valence-electron chi connectivity index (χ4n) is 9.86. The van der Waals surface area contributed by atoms with Gasteiger partial charge in [0.1, 0.15) is 0 Å². The fraction of sp³-hybridized carbons (Fsp3) is 0.121. The molecule has 0 radical (unpaired) electrons. The van der Waals surface area contributed by atoms with Crippen LogP contribution in [-0.4, -0.2) is 19.5 Å². The quantitative estimate of drug-likeness (QED) is 0.160. The van der Waals surface area contributed by atoms with Crippen LogP contribution >= 0.6 is 0 Å². The van der Waals surface area contributed by atoms with E-state index < -0.39 is 11.7 Å². The third kappa shape index (κ3) is 7.57. The summed E-state index contributed by atoms with van der Waals surface area (Å²) in [6, 6.07) is 52.7. The van der Waals surface area contributed by atoms with E-state index in [1.807, 2.05) is 72.8 Å². The summed E-state index contributed by atoms with van der Waals surface area (Å²) < 4.78 is 47.1. The molecule has 0 aliphatic heterocycles. The molecule has 0 saturated carbocycles. The number of rotatable bonds is 7. The van der Waals surface area contributed by atoms with E-state index in [0.717, 1.165) is 55.8 Å². The van der Waals surface area contributed by atoms with Crippen LogP contribution in [0.3, 0.4) is 0 Å². The zero-order valence-corrected chi connectivity index (χ0v) is 37.0. The number of hydrogen-bond acceptors (Lipinski definition) is 3. The molecule has 65 heavy (non-hydrogen) atoms. The zero-order valence-electron chi connectivity index (χ0n) is 37.0. The smallest absolute Gasteiger partial charge is 0.309 e. The molecule has 8 aromatic carbocycles. The molecule has 0 aliphatic carbocycles. The molecule has 2 aromatic heterocycles. The SMILES string of the molecule is Cc1cc(C)c(-c2ccc3c4ccc(-c5c(C)cc(C)cc5C)cc4n(-c4ccc(-c5ccccc5C(F)(F)F)c(-c5nc(-c6ccccc6)nc(-c6ccccc6)n5)c4)c3c2)c(C)c1. The van der Waals surface area contributed by atoms with Crippen LogP contribution in [0.2, 0.25) is 0 Å². The lowest BCUT2D eigenvalue weighted by Gasteiger charge is -2.19. The highest BCUT2D eigenvalue weighted by molar-refractivity contribution is 6.11. The highest BCUT2D eigenvalue weighted by Gasteiger charge is 2.34. The topological polar surface area (TPSA) is 43.6 Å². The number of alkyl halides is 3. The zero-order chi connectivity index (χ0) is 45.1. The van der Waals surface area contributed by atoms with Crippen molar-refractivity contribution in [3.8, 4) is 73.2 Å². The van der Waals surface area contributed by atoms with Gasteiger partial charge in [-0.15, -0.1) is 0 Å². The third-order valence-corrected chi connectivity index (χ3v) is 12.4. The summed E-state index contributed by atoms with van der Waals surface area (Å²) in [4.78, 5) is 15.1. The molecule has 10 aromatic rings. The Morgan fingerprint density at radius 3 is 1.31 bits per heavy atom. The molecule has 0 amide bonds. The van der Waals surface area contributed by atoms with Crippen molar-refractivity contribution in [2.45, 2.75) is 47.7 Å². The van der Waals surface area contributed by atoms with Crippen molar-refractivity contribution in [1.29, 1.82) is 0 Å². The van der Waals surface area contributed by atoms with Gasteiger partial charge in [0.05, 0.1) is 16.6 Å². The lowest BCUT2D eigenvalue weighted by Crippen LogP contribution is -2.08. The van der Waals surface area contributed by atoms with E-state index in [1.165, 1.54) is 56.6 Å². The summed E-state index contributed by atoms with van der Waals surface area (Å²) >= 11 is 0. The molecule has 7 heteroatoms. The van der Waals surface area contributed by atoms with Crippen LogP contribution in [0, 0.1) is 41.5 Å². The van der Waals surface area contributed by atoms with Crippen LogP contribution in [0.4, 0.5) is 13.2 Å². The fourth-order valence-corrected chi connectivity index (χ4v) is 9.86. The number of halogens is 3. The summed E-state index contributed by atoms with van der Waals surface area (Å²) in [5.74, 6) is 1.08. The molecular weight excluding hydrogens is 810 g/mol. The Morgan fingerprint density at radius 2 is 0.831 bits per heavy atom. The third-order valence-electron chi connectivity index (χ3n) is 12.4. The van der Waals surface area contributed by atoms with Crippen molar-refractivity contribution < 1.29 is 13.2 Å². The Morgan fingerprint density at radius 1 is 0.385 bits per heavy atom. The average Bonchev–Trinajstić information content (AvgIpc) is 3.61. The Hall–Kier alpha value is -7.64. The maximum Gasteiger partial charge on any atom is 0.417 e. The number of nitrogens with zero attached hydrogens (tertiary/aromatic N) is 4. The first kappa shape index (κ1) is 41.4. The molecule has 0 saturated heterocycles. The van der Waals surface area contributed by atoms with Crippen molar-refractivity contribution in [2.75, 3.05) is 0 Å². The summed E-state index contributed by atoms with van der Waals surface area (Å²) in [6.07, 6.45) is -4.62. The van der Waals surface area contributed by atoms with Gasteiger partial charge in [0.2, 0.25) is 0 Å². The second-order valence-electron chi connectivity index (χ2n) is 17.2. The maximum atomic E-state index is 15.0. The molecule has 2 heterocycles. The predicted octanol–water partition coefficient (Wildman–Crippen LogP) is 15.8. The molecule has 4 nitrogen and oxygen atoms in total. The highest BCUT2D eigenvalue weighted by atomic mass is 19.4. The first-order chi connectivity index (χ1) is 31.3. The summed E-state index contributed by atoms with van der Waals surface area (Å²) in [5.41, 5.74) is 15.9. The molecule has 0 bridgehead atoms. The lowest BCUT2D eigenvalue weighted by molar-refractivity contribution is -0.137. The maximum absolute atomic E-state index is 15.0. The first-order valence-electron chi connectivity index (χ1n) is 21.8. The Balaban J connectivity index is 1.31. The van der Waals surface area contributed by atoms with Crippen LogP contribution in [0.1, 0.15) is 38.9 Å². The van der Waals surface area contributed by atoms with E-state index in [4.69, 9.17) is 15.0 Å². The van der Waals surface area contributed by atoms with Gasteiger partial charge < -0.3 is 4.57 Å². The molecule has 0 atom stereocenters. The monoisotopic (exact) mass is 854 g/mol. The van der Waals surface area contributed by atoms with Crippen molar-refractivity contribution in [3.05, 3.63) is 203 Å². The Kier molecular flexibility index (Phi) is 10.3. The number of aryl methyl sites for hydroxylation is 6. The Labute approximate surface area is 376 Å². The van der Waals surface area contributed by atoms with Gasteiger partial charge in [0.25, 0.3) is 0 Å². The van der Waals surface area contributed by atoms with Crippen molar-refractivity contribution >= 4 is 21.8 Å². The average molecular weight is 855 g/mol. The van der Waals surface area contributed by atoms with Crippen LogP contribution in [0.15, 0.2) is 164 Å². The summed E-state index contributed by atoms with van der Waals surface area (Å²) in [7, 11) is 0. The van der Waals surface area contributed by atoms with Gasteiger partial charge in [-0.3, -0.25) is 0 Å². The van der Waals surface area contributed by atoms with Gasteiger partial charge >= 0.3 is 6.18 Å². The summed E-state index contributed by atoms with van der Waals surface area (Å²) in [5, 5.41) is 2.11. The number of aromatic nitrogens is 4. The minimum atomic E-state index is -4.62. The van der Waals surface area contributed by atoms with Gasteiger partial charge in [0, 0.05) is 33.2 Å². The van der Waals surface area contributed by atoms with Gasteiger partial charge in [-0.05, 0) is 128 Å². The van der Waals surface area contributed by atoms with Gasteiger partial charge in [0.15, 0.2) is 17.5 Å². The molecular formula is C58H45F3N4. The number of benzene rings is 8. The molecule has 0 N–H and O–H groups in total. The molecule has 318 valence electrons. The first-order valence-corrected chi connectivity index (χ1v) is 21.8. The van der Waals surface area contributed by atoms with E-state index in [1.54, 1.807) is 12.1 Å². The van der Waals surface area contributed by atoms with Gasteiger partial charge in [-0.2, -0.15) is 13.2 Å². The van der Waals surface area contributed by atoms with Crippen molar-refractivity contribution in [2.24, 2.45) is 0 Å². The van der Waals surface area contributed by atoms with Crippen LogP contribution in [-0.2, 0) is 6.18 Å². The molecule has 0 aliphatic rings. The lowest BCUT2D eigenvalue weighted by atomic mass is 9.92. The van der Waals surface area contributed by atoms with E-state index >= 15 is 0 Å². The predicted molar refractivity (Wildman–Crippen MR) is 260 cm³/mol. The van der Waals surface area contributed by atoms with Gasteiger partial charge in [-0.1, -0.05) is 145 Å². The van der Waals surface area contributed by atoms with Crippen LogP contribution in [0.25, 0.3) is 95.0 Å². The van der Waals surface area contributed by atoms with E-state index in [2.05, 4.69) is 107 Å². The Bertz CT molecular complexity index is 3260. The normalized spacial score (nSPS) is 11.8. The molecule has 0 unspecified atom stereocenters. The molecule has 10 rings (SSSR count).